The first-order valence-electron chi connectivity index (χ1n) is 7.06. The number of rotatable bonds is 6. The van der Waals surface area contributed by atoms with Crippen molar-refractivity contribution in [1.82, 2.24) is 4.90 Å². The van der Waals surface area contributed by atoms with Gasteiger partial charge in [0.05, 0.1) is 12.1 Å². The molecule has 1 fully saturated rings. The van der Waals surface area contributed by atoms with Gasteiger partial charge in [0.15, 0.2) is 0 Å². The number of likely N-dealkylation sites (tertiary alicyclic amines) is 1. The number of nitrogens with two attached hydrogens (primary N) is 1. The zero-order valence-electron chi connectivity index (χ0n) is 12.2. The lowest BCUT2D eigenvalue weighted by atomic mass is 10.0. The van der Waals surface area contributed by atoms with E-state index in [1.54, 1.807) is 0 Å². The molecule has 106 valence electrons. The van der Waals surface area contributed by atoms with Gasteiger partial charge in [-0.15, -0.1) is 0 Å². The number of ether oxygens (including phenoxy) is 1. The molecule has 2 N–H and O–H groups in total. The van der Waals surface area contributed by atoms with Gasteiger partial charge < -0.3 is 15.4 Å². The first-order valence-corrected chi connectivity index (χ1v) is 7.06. The Morgan fingerprint density at radius 1 is 1.33 bits per heavy atom. The Labute approximate surface area is 111 Å². The van der Waals surface area contributed by atoms with E-state index in [1.807, 2.05) is 4.90 Å². The van der Waals surface area contributed by atoms with E-state index >= 15 is 0 Å². The Balaban J connectivity index is 2.34. The van der Waals surface area contributed by atoms with E-state index in [2.05, 4.69) is 27.7 Å². The third-order valence-electron chi connectivity index (χ3n) is 3.16. The number of amides is 1. The second-order valence-electron chi connectivity index (χ2n) is 6.16. The fourth-order valence-corrected chi connectivity index (χ4v) is 2.24. The minimum atomic E-state index is -0.353. The van der Waals surface area contributed by atoms with Crippen LogP contribution in [0, 0.1) is 11.8 Å². The highest BCUT2D eigenvalue weighted by Gasteiger charge is 2.29. The van der Waals surface area contributed by atoms with E-state index in [0.29, 0.717) is 18.4 Å². The lowest BCUT2D eigenvalue weighted by Crippen LogP contribution is -2.43. The van der Waals surface area contributed by atoms with Crippen molar-refractivity contribution in [2.45, 2.75) is 52.7 Å². The standard InChI is InChI=1S/C14H28N2O2/c1-10(2)7-13(15)14(17)16-6-5-12(8-16)18-9-11(3)4/h10-13H,5-9,15H2,1-4H3/t12-,13-/m0/s1. The maximum Gasteiger partial charge on any atom is 0.239 e. The highest BCUT2D eigenvalue weighted by atomic mass is 16.5. The summed E-state index contributed by atoms with van der Waals surface area (Å²) in [4.78, 5) is 14.0. The first-order chi connectivity index (χ1) is 8.40. The third kappa shape index (κ3) is 4.94. The van der Waals surface area contributed by atoms with Crippen molar-refractivity contribution in [3.63, 3.8) is 0 Å². The summed E-state index contributed by atoms with van der Waals surface area (Å²) < 4.78 is 5.77. The second-order valence-corrected chi connectivity index (χ2v) is 6.16. The van der Waals surface area contributed by atoms with E-state index in [-0.39, 0.29) is 18.1 Å². The highest BCUT2D eigenvalue weighted by molar-refractivity contribution is 5.81. The monoisotopic (exact) mass is 256 g/mol. The molecule has 18 heavy (non-hydrogen) atoms. The quantitative estimate of drug-likeness (QED) is 0.786. The summed E-state index contributed by atoms with van der Waals surface area (Å²) in [7, 11) is 0. The van der Waals surface area contributed by atoms with Crippen molar-refractivity contribution in [3.05, 3.63) is 0 Å². The second kappa shape index (κ2) is 7.10. The summed E-state index contributed by atoms with van der Waals surface area (Å²) in [6.07, 6.45) is 1.89. The van der Waals surface area contributed by atoms with Crippen LogP contribution in [0.3, 0.4) is 0 Å². The van der Waals surface area contributed by atoms with Crippen LogP contribution < -0.4 is 5.73 Å². The van der Waals surface area contributed by atoms with Crippen molar-refractivity contribution in [2.24, 2.45) is 17.6 Å². The zero-order valence-corrected chi connectivity index (χ0v) is 12.2. The zero-order chi connectivity index (χ0) is 13.7. The number of hydrogen-bond acceptors (Lipinski definition) is 3. The molecule has 0 aromatic carbocycles. The molecule has 0 saturated carbocycles. The summed E-state index contributed by atoms with van der Waals surface area (Å²) in [6.45, 7) is 10.7. The van der Waals surface area contributed by atoms with E-state index in [1.165, 1.54) is 0 Å². The minimum Gasteiger partial charge on any atom is -0.376 e. The fourth-order valence-electron chi connectivity index (χ4n) is 2.24. The molecule has 0 aliphatic carbocycles. The summed E-state index contributed by atoms with van der Waals surface area (Å²) in [5, 5.41) is 0. The molecular formula is C14H28N2O2. The van der Waals surface area contributed by atoms with Crippen LogP contribution in [0.25, 0.3) is 0 Å². The van der Waals surface area contributed by atoms with Gasteiger partial charge in [0.25, 0.3) is 0 Å². The van der Waals surface area contributed by atoms with Gasteiger partial charge >= 0.3 is 0 Å². The van der Waals surface area contributed by atoms with Crippen molar-refractivity contribution >= 4 is 5.91 Å². The predicted molar refractivity (Wildman–Crippen MR) is 73.2 cm³/mol. The van der Waals surface area contributed by atoms with Crippen molar-refractivity contribution < 1.29 is 9.53 Å². The van der Waals surface area contributed by atoms with E-state index in [0.717, 1.165) is 26.0 Å². The van der Waals surface area contributed by atoms with Gasteiger partial charge in [0.2, 0.25) is 5.91 Å². The molecule has 1 aliphatic rings. The molecule has 0 aromatic rings. The van der Waals surface area contributed by atoms with Crippen molar-refractivity contribution in [3.8, 4) is 0 Å². The van der Waals surface area contributed by atoms with Crippen LogP contribution >= 0.6 is 0 Å². The number of carbonyl (C=O) groups excluding carboxylic acids is 1. The lowest BCUT2D eigenvalue weighted by molar-refractivity contribution is -0.132. The molecule has 1 amide bonds. The van der Waals surface area contributed by atoms with Gasteiger partial charge in [0.1, 0.15) is 0 Å². The third-order valence-corrected chi connectivity index (χ3v) is 3.16. The molecule has 0 radical (unpaired) electrons. The smallest absolute Gasteiger partial charge is 0.239 e. The van der Waals surface area contributed by atoms with Crippen LogP contribution in [0.2, 0.25) is 0 Å². The molecule has 0 bridgehead atoms. The Bertz CT molecular complexity index is 267. The van der Waals surface area contributed by atoms with E-state index in [4.69, 9.17) is 10.5 Å². The summed E-state index contributed by atoms with van der Waals surface area (Å²) >= 11 is 0. The fraction of sp³-hybridized carbons (Fsp3) is 0.929. The summed E-state index contributed by atoms with van der Waals surface area (Å²) in [5.74, 6) is 1.08. The molecule has 4 nitrogen and oxygen atoms in total. The molecule has 4 heteroatoms. The van der Waals surface area contributed by atoms with Gasteiger partial charge in [-0.2, -0.15) is 0 Å². The van der Waals surface area contributed by atoms with Crippen LogP contribution in [0.15, 0.2) is 0 Å². The normalized spacial score (nSPS) is 21.9. The highest BCUT2D eigenvalue weighted by Crippen LogP contribution is 2.16. The average Bonchev–Trinajstić information content (AvgIpc) is 2.72. The van der Waals surface area contributed by atoms with Gasteiger partial charge in [-0.3, -0.25) is 4.79 Å². The van der Waals surface area contributed by atoms with Gasteiger partial charge in [0, 0.05) is 19.7 Å². The molecule has 0 spiro atoms. The van der Waals surface area contributed by atoms with E-state index < -0.39 is 0 Å². The van der Waals surface area contributed by atoms with Gasteiger partial charge in [-0.05, 0) is 24.7 Å². The molecule has 2 atom stereocenters. The summed E-state index contributed by atoms with van der Waals surface area (Å²) in [6, 6.07) is -0.353. The molecular weight excluding hydrogens is 228 g/mol. The topological polar surface area (TPSA) is 55.6 Å². The molecule has 1 heterocycles. The Morgan fingerprint density at radius 2 is 2.00 bits per heavy atom. The molecule has 1 aliphatic heterocycles. The maximum atomic E-state index is 12.1. The molecule has 1 rings (SSSR count). The van der Waals surface area contributed by atoms with E-state index in [9.17, 15) is 4.79 Å². The Kier molecular flexibility index (Phi) is 6.09. The van der Waals surface area contributed by atoms with Gasteiger partial charge in [-0.25, -0.2) is 0 Å². The van der Waals surface area contributed by atoms with Crippen LogP contribution in [-0.4, -0.2) is 42.6 Å². The Morgan fingerprint density at radius 3 is 2.56 bits per heavy atom. The predicted octanol–water partition coefficient (Wildman–Crippen LogP) is 1.63. The molecule has 0 aromatic heterocycles. The molecule has 1 saturated heterocycles. The Hall–Kier alpha value is -0.610. The maximum absolute atomic E-state index is 12.1. The SMILES string of the molecule is CC(C)CO[C@H]1CCN(C(=O)[C@@H](N)CC(C)C)C1. The van der Waals surface area contributed by atoms with Crippen LogP contribution in [0.5, 0.6) is 0 Å². The largest absolute Gasteiger partial charge is 0.376 e. The number of carbonyl (C=O) groups is 1. The van der Waals surface area contributed by atoms with Crippen molar-refractivity contribution in [2.75, 3.05) is 19.7 Å². The number of hydrogen-bond donors (Lipinski definition) is 1. The minimum absolute atomic E-state index is 0.0827. The van der Waals surface area contributed by atoms with Crippen molar-refractivity contribution in [1.29, 1.82) is 0 Å². The summed E-state index contributed by atoms with van der Waals surface area (Å²) in [5.41, 5.74) is 5.93. The lowest BCUT2D eigenvalue weighted by Gasteiger charge is -2.22. The van der Waals surface area contributed by atoms with Gasteiger partial charge in [-0.1, -0.05) is 27.7 Å². The first kappa shape index (κ1) is 15.4. The van der Waals surface area contributed by atoms with Crippen LogP contribution in [0.4, 0.5) is 0 Å². The molecule has 0 unspecified atom stereocenters. The van der Waals surface area contributed by atoms with Crippen LogP contribution in [0.1, 0.15) is 40.5 Å². The average molecular weight is 256 g/mol. The number of nitrogens with zero attached hydrogens (tertiary/aromatic N) is 1. The van der Waals surface area contributed by atoms with Crippen LogP contribution in [-0.2, 0) is 9.53 Å².